The zero-order valence-corrected chi connectivity index (χ0v) is 9.45. The molecule has 96 valence electrons. The molecule has 0 saturated heterocycles. The van der Waals surface area contributed by atoms with Crippen molar-refractivity contribution in [1.82, 2.24) is 9.38 Å². The van der Waals surface area contributed by atoms with Crippen molar-refractivity contribution in [2.45, 2.75) is 19.6 Å². The SMILES string of the molecule is Cc1ccc2c(C(=O)C(F)(F)F)nc(CN)n2c1. The summed E-state index contributed by atoms with van der Waals surface area (Å²) in [6, 6.07) is 3.05. The molecule has 2 heterocycles. The predicted octanol–water partition coefficient (Wildman–Crippen LogP) is 1.85. The van der Waals surface area contributed by atoms with Crippen LogP contribution in [0.5, 0.6) is 0 Å². The van der Waals surface area contributed by atoms with E-state index in [1.165, 1.54) is 10.5 Å². The molecule has 0 bridgehead atoms. The molecule has 2 aromatic heterocycles. The number of hydrogen-bond donors (Lipinski definition) is 1. The molecule has 0 aliphatic carbocycles. The molecule has 0 amide bonds. The number of fused-ring (bicyclic) bond motifs is 1. The maximum absolute atomic E-state index is 12.4. The quantitative estimate of drug-likeness (QED) is 0.835. The fourth-order valence-electron chi connectivity index (χ4n) is 1.70. The molecule has 0 atom stereocenters. The molecule has 0 aliphatic rings. The summed E-state index contributed by atoms with van der Waals surface area (Å²) in [4.78, 5) is 14.9. The van der Waals surface area contributed by atoms with Crippen LogP contribution in [0, 0.1) is 6.92 Å². The number of alkyl halides is 3. The number of carbonyl (C=O) groups is 1. The molecular formula is C11H10F3N3O. The molecule has 18 heavy (non-hydrogen) atoms. The predicted molar refractivity (Wildman–Crippen MR) is 58.2 cm³/mol. The Morgan fingerprint density at radius 2 is 2.11 bits per heavy atom. The molecule has 0 aromatic carbocycles. The number of pyridine rings is 1. The van der Waals surface area contributed by atoms with Gasteiger partial charge in [0.1, 0.15) is 11.5 Å². The van der Waals surface area contributed by atoms with E-state index in [9.17, 15) is 18.0 Å². The van der Waals surface area contributed by atoms with Crippen LogP contribution in [0.25, 0.3) is 5.52 Å². The van der Waals surface area contributed by atoms with Gasteiger partial charge in [0.25, 0.3) is 5.78 Å². The first-order chi connectivity index (χ1) is 8.34. The van der Waals surface area contributed by atoms with E-state index >= 15 is 0 Å². The third-order valence-electron chi connectivity index (χ3n) is 2.51. The minimum Gasteiger partial charge on any atom is -0.324 e. The topological polar surface area (TPSA) is 60.4 Å². The van der Waals surface area contributed by atoms with Gasteiger partial charge in [-0.25, -0.2) is 4.98 Å². The second kappa shape index (κ2) is 4.09. The van der Waals surface area contributed by atoms with Gasteiger partial charge in [-0.15, -0.1) is 0 Å². The molecule has 0 radical (unpaired) electrons. The molecule has 0 fully saturated rings. The number of ketones is 1. The smallest absolute Gasteiger partial charge is 0.324 e. The molecular weight excluding hydrogens is 247 g/mol. The van der Waals surface area contributed by atoms with Crippen molar-refractivity contribution in [2.75, 3.05) is 0 Å². The Morgan fingerprint density at radius 1 is 1.44 bits per heavy atom. The minimum absolute atomic E-state index is 0.0459. The standard InChI is InChI=1S/C11H10F3N3O/c1-6-2-3-7-9(10(18)11(12,13)14)16-8(4-15)17(7)5-6/h2-3,5H,4,15H2,1H3. The van der Waals surface area contributed by atoms with Crippen LogP contribution in [-0.4, -0.2) is 21.3 Å². The zero-order valence-electron chi connectivity index (χ0n) is 9.45. The third-order valence-corrected chi connectivity index (χ3v) is 2.51. The zero-order chi connectivity index (χ0) is 13.5. The van der Waals surface area contributed by atoms with E-state index in [0.717, 1.165) is 5.56 Å². The van der Waals surface area contributed by atoms with Crippen molar-refractivity contribution in [3.63, 3.8) is 0 Å². The summed E-state index contributed by atoms with van der Waals surface area (Å²) in [5.74, 6) is -1.73. The Bertz CT molecular complexity index is 616. The fourth-order valence-corrected chi connectivity index (χ4v) is 1.70. The number of aromatic nitrogens is 2. The number of carbonyl (C=O) groups excluding carboxylic acids is 1. The number of nitrogens with two attached hydrogens (primary N) is 1. The highest BCUT2D eigenvalue weighted by Crippen LogP contribution is 2.24. The Kier molecular flexibility index (Phi) is 2.86. The van der Waals surface area contributed by atoms with Gasteiger partial charge >= 0.3 is 6.18 Å². The summed E-state index contributed by atoms with van der Waals surface area (Å²) in [5.41, 5.74) is 5.75. The average Bonchev–Trinajstić information content (AvgIpc) is 2.64. The molecule has 4 nitrogen and oxygen atoms in total. The highest BCUT2D eigenvalue weighted by molar-refractivity contribution is 6.04. The van der Waals surface area contributed by atoms with Gasteiger partial charge in [-0.3, -0.25) is 4.79 Å². The first kappa shape index (κ1) is 12.6. The van der Waals surface area contributed by atoms with Crippen LogP contribution in [0.3, 0.4) is 0 Å². The van der Waals surface area contributed by atoms with Crippen molar-refractivity contribution in [1.29, 1.82) is 0 Å². The van der Waals surface area contributed by atoms with Gasteiger partial charge < -0.3 is 10.1 Å². The van der Waals surface area contributed by atoms with Crippen LogP contribution in [-0.2, 0) is 6.54 Å². The molecule has 7 heteroatoms. The number of Topliss-reactive ketones (excluding diaryl/α,β-unsaturated/α-hetero) is 1. The Balaban J connectivity index is 2.70. The van der Waals surface area contributed by atoms with E-state index < -0.39 is 17.7 Å². The van der Waals surface area contributed by atoms with Crippen molar-refractivity contribution in [2.24, 2.45) is 5.73 Å². The number of nitrogens with zero attached hydrogens (tertiary/aromatic N) is 2. The van der Waals surface area contributed by atoms with E-state index in [2.05, 4.69) is 4.98 Å². The van der Waals surface area contributed by atoms with Gasteiger partial charge in [0.2, 0.25) is 0 Å². The Hall–Kier alpha value is -1.89. The number of rotatable bonds is 2. The highest BCUT2D eigenvalue weighted by Gasteiger charge is 2.42. The van der Waals surface area contributed by atoms with Gasteiger partial charge in [-0.05, 0) is 18.6 Å². The summed E-state index contributed by atoms with van der Waals surface area (Å²) >= 11 is 0. The molecule has 2 N–H and O–H groups in total. The fraction of sp³-hybridized carbons (Fsp3) is 0.273. The van der Waals surface area contributed by atoms with E-state index in [4.69, 9.17) is 5.73 Å². The summed E-state index contributed by atoms with van der Waals surface area (Å²) < 4.78 is 38.7. The van der Waals surface area contributed by atoms with E-state index in [0.29, 0.717) is 0 Å². The van der Waals surface area contributed by atoms with E-state index in [1.54, 1.807) is 19.2 Å². The lowest BCUT2D eigenvalue weighted by molar-refractivity contribution is -0.0887. The lowest BCUT2D eigenvalue weighted by Gasteiger charge is -2.03. The van der Waals surface area contributed by atoms with Crippen molar-refractivity contribution >= 4 is 11.3 Å². The van der Waals surface area contributed by atoms with Gasteiger partial charge in [-0.1, -0.05) is 6.07 Å². The van der Waals surface area contributed by atoms with Crippen LogP contribution in [0.2, 0.25) is 0 Å². The Labute approximate surface area is 100 Å². The maximum atomic E-state index is 12.4. The van der Waals surface area contributed by atoms with Crippen molar-refractivity contribution in [3.8, 4) is 0 Å². The third kappa shape index (κ3) is 1.97. The van der Waals surface area contributed by atoms with Crippen LogP contribution >= 0.6 is 0 Å². The number of imidazole rings is 1. The highest BCUT2D eigenvalue weighted by atomic mass is 19.4. The summed E-state index contributed by atoms with van der Waals surface area (Å²) in [7, 11) is 0. The number of halogens is 3. The van der Waals surface area contributed by atoms with Crippen LogP contribution in [0.1, 0.15) is 21.9 Å². The maximum Gasteiger partial charge on any atom is 0.456 e. The van der Waals surface area contributed by atoms with Crippen molar-refractivity contribution < 1.29 is 18.0 Å². The molecule has 0 saturated carbocycles. The second-order valence-corrected chi connectivity index (χ2v) is 3.87. The average molecular weight is 257 g/mol. The monoisotopic (exact) mass is 257 g/mol. The first-order valence-electron chi connectivity index (χ1n) is 5.13. The van der Waals surface area contributed by atoms with Gasteiger partial charge in [0.05, 0.1) is 12.1 Å². The lowest BCUT2D eigenvalue weighted by Crippen LogP contribution is -2.23. The lowest BCUT2D eigenvalue weighted by atomic mass is 10.2. The van der Waals surface area contributed by atoms with E-state index in [1.807, 2.05) is 0 Å². The minimum atomic E-state index is -4.94. The van der Waals surface area contributed by atoms with Gasteiger partial charge in [-0.2, -0.15) is 13.2 Å². The number of aryl methyl sites for hydroxylation is 1. The normalized spacial score (nSPS) is 12.1. The molecule has 0 unspecified atom stereocenters. The van der Waals surface area contributed by atoms with Crippen LogP contribution in [0.4, 0.5) is 13.2 Å². The Morgan fingerprint density at radius 3 is 2.67 bits per heavy atom. The summed E-state index contributed by atoms with van der Waals surface area (Å²) in [5, 5.41) is 0. The second-order valence-electron chi connectivity index (χ2n) is 3.87. The molecule has 0 aliphatic heterocycles. The summed E-state index contributed by atoms with van der Waals surface area (Å²) in [6.45, 7) is 1.74. The van der Waals surface area contributed by atoms with Crippen LogP contribution in [0.15, 0.2) is 18.3 Å². The van der Waals surface area contributed by atoms with Gasteiger partial charge in [0, 0.05) is 6.20 Å². The summed E-state index contributed by atoms with van der Waals surface area (Å²) in [6.07, 6.45) is -3.34. The van der Waals surface area contributed by atoms with Crippen LogP contribution < -0.4 is 5.73 Å². The van der Waals surface area contributed by atoms with Crippen molar-refractivity contribution in [3.05, 3.63) is 35.4 Å². The first-order valence-corrected chi connectivity index (χ1v) is 5.13. The van der Waals surface area contributed by atoms with E-state index in [-0.39, 0.29) is 17.9 Å². The molecule has 0 spiro atoms. The largest absolute Gasteiger partial charge is 0.456 e. The molecule has 2 aromatic rings. The van der Waals surface area contributed by atoms with Gasteiger partial charge in [0.15, 0.2) is 0 Å². The molecule has 2 rings (SSSR count). The number of hydrogen-bond acceptors (Lipinski definition) is 3.